The summed E-state index contributed by atoms with van der Waals surface area (Å²) in [7, 11) is 0. The molecule has 112 valence electrons. The van der Waals surface area contributed by atoms with Gasteiger partial charge in [-0.25, -0.2) is 4.79 Å². The summed E-state index contributed by atoms with van der Waals surface area (Å²) < 4.78 is 11.1. The summed E-state index contributed by atoms with van der Waals surface area (Å²) in [5, 5.41) is 0.911. The van der Waals surface area contributed by atoms with Crippen molar-refractivity contribution in [2.75, 3.05) is 19.7 Å². The van der Waals surface area contributed by atoms with Crippen LogP contribution in [-0.2, 0) is 0 Å². The molecule has 1 aliphatic rings. The average molecular weight is 287 g/mol. The van der Waals surface area contributed by atoms with Gasteiger partial charge < -0.3 is 14.1 Å². The molecule has 0 radical (unpaired) electrons. The molecule has 4 nitrogen and oxygen atoms in total. The Balaban J connectivity index is 1.64. The maximum Gasteiger partial charge on any atom is 0.336 e. The Bertz CT molecular complexity index is 677. The van der Waals surface area contributed by atoms with E-state index in [1.54, 1.807) is 12.1 Å². The van der Waals surface area contributed by atoms with Gasteiger partial charge in [0.25, 0.3) is 0 Å². The number of hydrogen-bond donors (Lipinski definition) is 0. The van der Waals surface area contributed by atoms with Crippen LogP contribution < -0.4 is 10.4 Å². The molecular weight excluding hydrogens is 266 g/mol. The molecule has 0 amide bonds. The van der Waals surface area contributed by atoms with Crippen LogP contribution in [0.5, 0.6) is 5.75 Å². The molecule has 1 unspecified atom stereocenters. The smallest absolute Gasteiger partial charge is 0.336 e. The summed E-state index contributed by atoms with van der Waals surface area (Å²) in [4.78, 5) is 13.7. The second-order valence-electron chi connectivity index (χ2n) is 6.01. The van der Waals surface area contributed by atoms with Gasteiger partial charge in [-0.1, -0.05) is 0 Å². The lowest BCUT2D eigenvalue weighted by atomic mass is 10.1. The van der Waals surface area contributed by atoms with Crippen LogP contribution in [-0.4, -0.2) is 30.6 Å². The molecule has 0 saturated carbocycles. The summed E-state index contributed by atoms with van der Waals surface area (Å²) in [6.45, 7) is 7.42. The minimum atomic E-state index is -0.331. The van der Waals surface area contributed by atoms with E-state index in [2.05, 4.69) is 18.7 Å². The Labute approximate surface area is 124 Å². The molecule has 0 spiro atoms. The van der Waals surface area contributed by atoms with Crippen molar-refractivity contribution in [2.24, 2.45) is 5.92 Å². The molecule has 3 rings (SSSR count). The molecule has 2 heterocycles. The lowest BCUT2D eigenvalue weighted by Gasteiger charge is -2.20. The van der Waals surface area contributed by atoms with E-state index < -0.39 is 0 Å². The van der Waals surface area contributed by atoms with Gasteiger partial charge >= 0.3 is 5.63 Å². The molecule has 1 aliphatic heterocycles. The van der Waals surface area contributed by atoms with Crippen molar-refractivity contribution in [3.8, 4) is 5.75 Å². The van der Waals surface area contributed by atoms with Gasteiger partial charge in [-0.2, -0.15) is 0 Å². The van der Waals surface area contributed by atoms with Gasteiger partial charge in [0.1, 0.15) is 11.3 Å². The standard InChI is InChI=1S/C17H21NO3/c1-12(2)18-8-7-13(10-18)11-20-15-5-3-14-4-6-17(19)21-16(14)9-15/h3-6,9,12-13H,7-8,10-11H2,1-2H3. The molecule has 2 aromatic rings. The lowest BCUT2D eigenvalue weighted by molar-refractivity contribution is 0.223. The zero-order valence-electron chi connectivity index (χ0n) is 12.5. The summed E-state index contributed by atoms with van der Waals surface area (Å²) in [6.07, 6.45) is 1.18. The number of hydrogen-bond acceptors (Lipinski definition) is 4. The number of fused-ring (bicyclic) bond motifs is 1. The number of nitrogens with zero attached hydrogens (tertiary/aromatic N) is 1. The third-order valence-electron chi connectivity index (χ3n) is 4.13. The van der Waals surface area contributed by atoms with Crippen LogP contribution in [0.15, 0.2) is 39.5 Å². The van der Waals surface area contributed by atoms with Crippen LogP contribution in [0.1, 0.15) is 20.3 Å². The number of ether oxygens (including phenoxy) is 1. The van der Waals surface area contributed by atoms with Gasteiger partial charge in [0.05, 0.1) is 6.61 Å². The highest BCUT2D eigenvalue weighted by Gasteiger charge is 2.24. The Hall–Kier alpha value is -1.81. The van der Waals surface area contributed by atoms with Crippen molar-refractivity contribution < 1.29 is 9.15 Å². The molecule has 21 heavy (non-hydrogen) atoms. The highest BCUT2D eigenvalue weighted by Crippen LogP contribution is 2.23. The van der Waals surface area contributed by atoms with Crippen LogP contribution in [0.25, 0.3) is 11.0 Å². The monoisotopic (exact) mass is 287 g/mol. The third kappa shape index (κ3) is 3.27. The highest BCUT2D eigenvalue weighted by atomic mass is 16.5. The molecule has 0 aliphatic carbocycles. The summed E-state index contributed by atoms with van der Waals surface area (Å²) in [5.74, 6) is 1.34. The van der Waals surface area contributed by atoms with E-state index >= 15 is 0 Å². The van der Waals surface area contributed by atoms with Crippen molar-refractivity contribution in [1.82, 2.24) is 4.90 Å². The van der Waals surface area contributed by atoms with Crippen molar-refractivity contribution >= 4 is 11.0 Å². The molecule has 1 atom stereocenters. The predicted molar refractivity (Wildman–Crippen MR) is 82.8 cm³/mol. The summed E-state index contributed by atoms with van der Waals surface area (Å²) >= 11 is 0. The Morgan fingerprint density at radius 3 is 2.90 bits per heavy atom. The topological polar surface area (TPSA) is 42.7 Å². The largest absolute Gasteiger partial charge is 0.493 e. The maximum absolute atomic E-state index is 11.2. The molecule has 1 fully saturated rings. The first-order valence-electron chi connectivity index (χ1n) is 7.52. The molecule has 0 bridgehead atoms. The summed E-state index contributed by atoms with van der Waals surface area (Å²) in [5.41, 5.74) is 0.248. The number of rotatable bonds is 4. The van der Waals surface area contributed by atoms with E-state index in [0.717, 1.165) is 24.2 Å². The lowest BCUT2D eigenvalue weighted by Crippen LogP contribution is -2.29. The Morgan fingerprint density at radius 2 is 2.14 bits per heavy atom. The number of benzene rings is 1. The minimum absolute atomic E-state index is 0.331. The van der Waals surface area contributed by atoms with Gasteiger partial charge in [-0.05, 0) is 45.0 Å². The minimum Gasteiger partial charge on any atom is -0.493 e. The van der Waals surface area contributed by atoms with Crippen LogP contribution in [0.2, 0.25) is 0 Å². The van der Waals surface area contributed by atoms with Crippen molar-refractivity contribution in [3.05, 3.63) is 40.8 Å². The van der Waals surface area contributed by atoms with Crippen LogP contribution in [0, 0.1) is 5.92 Å². The van der Waals surface area contributed by atoms with Crippen molar-refractivity contribution in [1.29, 1.82) is 0 Å². The summed E-state index contributed by atoms with van der Waals surface area (Å²) in [6, 6.07) is 9.45. The van der Waals surface area contributed by atoms with E-state index in [0.29, 0.717) is 24.1 Å². The zero-order valence-corrected chi connectivity index (χ0v) is 12.5. The third-order valence-corrected chi connectivity index (χ3v) is 4.13. The van der Waals surface area contributed by atoms with E-state index in [1.165, 1.54) is 12.5 Å². The molecule has 1 aromatic carbocycles. The normalized spacial score (nSPS) is 19.5. The van der Waals surface area contributed by atoms with Gasteiger partial charge in [0.15, 0.2) is 0 Å². The second-order valence-corrected chi connectivity index (χ2v) is 6.01. The highest BCUT2D eigenvalue weighted by molar-refractivity contribution is 5.77. The molecule has 0 N–H and O–H groups in total. The fourth-order valence-corrected chi connectivity index (χ4v) is 2.81. The Kier molecular flexibility index (Phi) is 3.97. The van der Waals surface area contributed by atoms with Gasteiger partial charge in [-0.3, -0.25) is 0 Å². The van der Waals surface area contributed by atoms with Crippen molar-refractivity contribution in [3.63, 3.8) is 0 Å². The SMILES string of the molecule is CC(C)N1CCC(COc2ccc3ccc(=O)oc3c2)C1. The zero-order chi connectivity index (χ0) is 14.8. The quantitative estimate of drug-likeness (QED) is 0.811. The van der Waals surface area contributed by atoms with Crippen LogP contribution in [0.3, 0.4) is 0 Å². The maximum atomic E-state index is 11.2. The van der Waals surface area contributed by atoms with Gasteiger partial charge in [-0.15, -0.1) is 0 Å². The first-order valence-corrected chi connectivity index (χ1v) is 7.52. The average Bonchev–Trinajstić information content (AvgIpc) is 2.93. The van der Waals surface area contributed by atoms with E-state index in [4.69, 9.17) is 9.15 Å². The van der Waals surface area contributed by atoms with Crippen LogP contribution in [0.4, 0.5) is 0 Å². The van der Waals surface area contributed by atoms with Crippen molar-refractivity contribution in [2.45, 2.75) is 26.3 Å². The predicted octanol–water partition coefficient (Wildman–Crippen LogP) is 2.90. The first kappa shape index (κ1) is 14.1. The van der Waals surface area contributed by atoms with Gasteiger partial charge in [0.2, 0.25) is 0 Å². The van der Waals surface area contributed by atoms with Gasteiger partial charge in [0, 0.05) is 36.0 Å². The van der Waals surface area contributed by atoms with E-state index in [-0.39, 0.29) is 5.63 Å². The van der Waals surface area contributed by atoms with E-state index in [1.807, 2.05) is 12.1 Å². The van der Waals surface area contributed by atoms with Crippen LogP contribution >= 0.6 is 0 Å². The molecule has 1 aromatic heterocycles. The first-order chi connectivity index (χ1) is 10.1. The number of likely N-dealkylation sites (tertiary alicyclic amines) is 1. The second kappa shape index (κ2) is 5.90. The fourth-order valence-electron chi connectivity index (χ4n) is 2.81. The molecule has 4 heteroatoms. The molecule has 1 saturated heterocycles. The Morgan fingerprint density at radius 1 is 1.33 bits per heavy atom. The van der Waals surface area contributed by atoms with E-state index in [9.17, 15) is 4.79 Å². The molecular formula is C17H21NO3. The fraction of sp³-hybridized carbons (Fsp3) is 0.471.